The van der Waals surface area contributed by atoms with Crippen molar-refractivity contribution in [3.05, 3.63) is 22.4 Å². The Kier molecular flexibility index (Phi) is 7.22. The van der Waals surface area contributed by atoms with E-state index in [0.29, 0.717) is 6.54 Å². The van der Waals surface area contributed by atoms with Crippen LogP contribution in [0.4, 0.5) is 4.79 Å². The van der Waals surface area contributed by atoms with Crippen LogP contribution < -0.4 is 5.32 Å². The van der Waals surface area contributed by atoms with E-state index < -0.39 is 5.97 Å². The summed E-state index contributed by atoms with van der Waals surface area (Å²) in [6, 6.07) is 3.46. The van der Waals surface area contributed by atoms with Gasteiger partial charge in [-0.2, -0.15) is 0 Å². The molecule has 1 rings (SSSR count). The molecule has 0 saturated heterocycles. The van der Waals surface area contributed by atoms with Crippen LogP contribution in [0.25, 0.3) is 0 Å². The van der Waals surface area contributed by atoms with Crippen LogP contribution in [0.1, 0.15) is 51.0 Å². The summed E-state index contributed by atoms with van der Waals surface area (Å²) >= 11 is 1.62. The Morgan fingerprint density at radius 3 is 2.62 bits per heavy atom. The Labute approximate surface area is 130 Å². The standard InChI is InChI=1S/C15H24N2O3S/c1-4-7-12(13-8-6-9-21-13)16-15(20)17(5-2)11(3)10-14(18)19/h6,8-9,11-12H,4-5,7,10H2,1-3H3,(H,16,20)(H,18,19). The predicted octanol–water partition coefficient (Wildman–Crippen LogP) is 3.48. The van der Waals surface area contributed by atoms with Crippen molar-refractivity contribution in [2.24, 2.45) is 0 Å². The molecule has 6 heteroatoms. The zero-order valence-electron chi connectivity index (χ0n) is 12.8. The minimum atomic E-state index is -0.892. The molecular formula is C15H24N2O3S. The number of urea groups is 1. The highest BCUT2D eigenvalue weighted by Gasteiger charge is 2.23. The lowest BCUT2D eigenvalue weighted by atomic mass is 10.1. The minimum absolute atomic E-state index is 0.00595. The fourth-order valence-electron chi connectivity index (χ4n) is 2.31. The monoisotopic (exact) mass is 312 g/mol. The number of thiophene rings is 1. The maximum atomic E-state index is 12.4. The quantitative estimate of drug-likeness (QED) is 0.772. The number of carboxylic acids is 1. The van der Waals surface area contributed by atoms with Crippen molar-refractivity contribution in [3.63, 3.8) is 0 Å². The number of rotatable bonds is 8. The largest absolute Gasteiger partial charge is 0.481 e. The van der Waals surface area contributed by atoms with Gasteiger partial charge in [-0.25, -0.2) is 4.79 Å². The maximum Gasteiger partial charge on any atom is 0.318 e. The molecule has 0 aromatic carbocycles. The normalized spacial score (nSPS) is 13.5. The first-order chi connectivity index (χ1) is 9.99. The van der Waals surface area contributed by atoms with Crippen molar-refractivity contribution in [2.75, 3.05) is 6.54 Å². The first-order valence-corrected chi connectivity index (χ1v) is 8.19. The van der Waals surface area contributed by atoms with Gasteiger partial charge in [-0.3, -0.25) is 4.79 Å². The van der Waals surface area contributed by atoms with Crippen molar-refractivity contribution in [1.29, 1.82) is 0 Å². The molecule has 5 nitrogen and oxygen atoms in total. The van der Waals surface area contributed by atoms with Gasteiger partial charge in [0.15, 0.2) is 0 Å². The Morgan fingerprint density at radius 1 is 1.43 bits per heavy atom. The number of carboxylic acid groups (broad SMARTS) is 1. The number of amides is 2. The molecule has 118 valence electrons. The summed E-state index contributed by atoms with van der Waals surface area (Å²) in [5.41, 5.74) is 0. The summed E-state index contributed by atoms with van der Waals surface area (Å²) < 4.78 is 0. The molecule has 2 atom stereocenters. The van der Waals surface area contributed by atoms with Crippen molar-refractivity contribution in [1.82, 2.24) is 10.2 Å². The van der Waals surface area contributed by atoms with Crippen molar-refractivity contribution in [2.45, 2.75) is 52.1 Å². The average Bonchev–Trinajstić information content (AvgIpc) is 2.91. The number of nitrogens with zero attached hydrogens (tertiary/aromatic N) is 1. The molecule has 0 aliphatic heterocycles. The number of carbonyl (C=O) groups excluding carboxylic acids is 1. The first-order valence-electron chi connectivity index (χ1n) is 7.31. The van der Waals surface area contributed by atoms with Crippen molar-refractivity contribution in [3.8, 4) is 0 Å². The van der Waals surface area contributed by atoms with Crippen LogP contribution in [-0.4, -0.2) is 34.6 Å². The Bertz CT molecular complexity index is 448. The van der Waals surface area contributed by atoms with Crippen LogP contribution in [-0.2, 0) is 4.79 Å². The van der Waals surface area contributed by atoms with E-state index in [1.54, 1.807) is 23.2 Å². The number of aliphatic carboxylic acids is 1. The third-order valence-corrected chi connectivity index (χ3v) is 4.35. The third kappa shape index (κ3) is 5.38. The lowest BCUT2D eigenvalue weighted by molar-refractivity contribution is -0.138. The van der Waals surface area contributed by atoms with Gasteiger partial charge in [0.2, 0.25) is 0 Å². The molecular weight excluding hydrogens is 288 g/mol. The van der Waals surface area contributed by atoms with Gasteiger partial charge < -0.3 is 15.3 Å². The van der Waals surface area contributed by atoms with Gasteiger partial charge in [-0.15, -0.1) is 11.3 Å². The van der Waals surface area contributed by atoms with Crippen molar-refractivity contribution >= 4 is 23.3 Å². The fraction of sp³-hybridized carbons (Fsp3) is 0.600. The summed E-state index contributed by atoms with van der Waals surface area (Å²) in [5.74, 6) is -0.892. The lowest BCUT2D eigenvalue weighted by Crippen LogP contribution is -2.46. The van der Waals surface area contributed by atoms with E-state index in [1.165, 1.54) is 0 Å². The molecule has 2 N–H and O–H groups in total. The molecule has 21 heavy (non-hydrogen) atoms. The predicted molar refractivity (Wildman–Crippen MR) is 84.6 cm³/mol. The molecule has 0 aliphatic carbocycles. The SMILES string of the molecule is CCCC(NC(=O)N(CC)C(C)CC(=O)O)c1cccs1. The van der Waals surface area contributed by atoms with Gasteiger partial charge in [0, 0.05) is 17.5 Å². The highest BCUT2D eigenvalue weighted by Crippen LogP contribution is 2.23. The van der Waals surface area contributed by atoms with Crippen molar-refractivity contribution < 1.29 is 14.7 Å². The third-order valence-electron chi connectivity index (χ3n) is 3.37. The van der Waals surface area contributed by atoms with Gasteiger partial charge in [0.25, 0.3) is 0 Å². The molecule has 2 amide bonds. The van der Waals surface area contributed by atoms with E-state index >= 15 is 0 Å². The van der Waals surface area contributed by atoms with Gasteiger partial charge in [0.1, 0.15) is 0 Å². The zero-order chi connectivity index (χ0) is 15.8. The number of hydrogen-bond donors (Lipinski definition) is 2. The second kappa shape index (κ2) is 8.67. The number of carbonyl (C=O) groups is 2. The van der Waals surface area contributed by atoms with Crippen LogP contribution in [0.5, 0.6) is 0 Å². The molecule has 0 radical (unpaired) electrons. The van der Waals surface area contributed by atoms with E-state index in [4.69, 9.17) is 5.11 Å². The maximum absolute atomic E-state index is 12.4. The molecule has 0 aliphatic rings. The van der Waals surface area contributed by atoms with Gasteiger partial charge >= 0.3 is 12.0 Å². The second-order valence-corrected chi connectivity index (χ2v) is 6.02. The molecule has 0 saturated carbocycles. The lowest BCUT2D eigenvalue weighted by Gasteiger charge is -2.29. The average molecular weight is 312 g/mol. The van der Waals surface area contributed by atoms with E-state index in [2.05, 4.69) is 12.2 Å². The van der Waals surface area contributed by atoms with Crippen LogP contribution >= 0.6 is 11.3 Å². The minimum Gasteiger partial charge on any atom is -0.481 e. The Morgan fingerprint density at radius 2 is 2.14 bits per heavy atom. The van der Waals surface area contributed by atoms with Crippen LogP contribution in [0.15, 0.2) is 17.5 Å². The molecule has 1 aromatic rings. The highest BCUT2D eigenvalue weighted by molar-refractivity contribution is 7.10. The molecule has 2 unspecified atom stereocenters. The summed E-state index contributed by atoms with van der Waals surface area (Å²) in [6.45, 7) is 6.19. The first kappa shape index (κ1) is 17.5. The highest BCUT2D eigenvalue weighted by atomic mass is 32.1. The summed E-state index contributed by atoms with van der Waals surface area (Å²) in [4.78, 5) is 25.9. The van der Waals surface area contributed by atoms with Gasteiger partial charge in [-0.1, -0.05) is 19.4 Å². The number of hydrogen-bond acceptors (Lipinski definition) is 3. The molecule has 1 heterocycles. The fourth-order valence-corrected chi connectivity index (χ4v) is 3.13. The molecule has 0 bridgehead atoms. The Hall–Kier alpha value is -1.56. The summed E-state index contributed by atoms with van der Waals surface area (Å²) in [6.07, 6.45) is 1.80. The molecule has 0 spiro atoms. The molecule has 1 aromatic heterocycles. The second-order valence-electron chi connectivity index (χ2n) is 5.04. The van der Waals surface area contributed by atoms with E-state index in [-0.39, 0.29) is 24.5 Å². The van der Waals surface area contributed by atoms with Crippen LogP contribution in [0.2, 0.25) is 0 Å². The van der Waals surface area contributed by atoms with Gasteiger partial charge in [-0.05, 0) is 31.7 Å². The van der Waals surface area contributed by atoms with E-state index in [1.807, 2.05) is 24.4 Å². The summed E-state index contributed by atoms with van der Waals surface area (Å²) in [7, 11) is 0. The number of nitrogens with one attached hydrogen (secondary N) is 1. The zero-order valence-corrected chi connectivity index (χ0v) is 13.7. The topological polar surface area (TPSA) is 69.6 Å². The Balaban J connectivity index is 2.72. The van der Waals surface area contributed by atoms with E-state index in [9.17, 15) is 9.59 Å². The van der Waals surface area contributed by atoms with Gasteiger partial charge in [0.05, 0.1) is 12.5 Å². The van der Waals surface area contributed by atoms with Crippen LogP contribution in [0, 0.1) is 0 Å². The van der Waals surface area contributed by atoms with E-state index in [0.717, 1.165) is 17.7 Å². The molecule has 0 fully saturated rings. The van der Waals surface area contributed by atoms with Crippen LogP contribution in [0.3, 0.4) is 0 Å². The summed E-state index contributed by atoms with van der Waals surface area (Å²) in [5, 5.41) is 13.9. The smallest absolute Gasteiger partial charge is 0.318 e.